The molecule has 2 saturated carbocycles. The Kier molecular flexibility index (Phi) is 2.65. The molecule has 2 bridgehead atoms. The number of rotatable bonds is 3. The highest BCUT2D eigenvalue weighted by atomic mass is 16.5. The van der Waals surface area contributed by atoms with E-state index in [0.717, 1.165) is 31.9 Å². The zero-order valence-corrected chi connectivity index (χ0v) is 9.74. The van der Waals surface area contributed by atoms with Gasteiger partial charge in [-0.3, -0.25) is 5.32 Å². The lowest BCUT2D eigenvalue weighted by atomic mass is 9.82. The SMILES string of the molecule is N#CC1(NCC2CCCO2)CC2CCC1C2. The van der Waals surface area contributed by atoms with Gasteiger partial charge in [0, 0.05) is 13.2 Å². The predicted octanol–water partition coefficient (Wildman–Crippen LogP) is 1.84. The highest BCUT2D eigenvalue weighted by molar-refractivity contribution is 5.18. The molecule has 0 spiro atoms. The van der Waals surface area contributed by atoms with E-state index in [1.807, 2.05) is 0 Å². The highest BCUT2D eigenvalue weighted by Crippen LogP contribution is 2.50. The molecule has 3 heteroatoms. The van der Waals surface area contributed by atoms with Crippen molar-refractivity contribution in [3.8, 4) is 6.07 Å². The maximum absolute atomic E-state index is 9.46. The average Bonchev–Trinajstić information content (AvgIpc) is 3.02. The Morgan fingerprint density at radius 2 is 2.31 bits per heavy atom. The third-order valence-corrected chi connectivity index (χ3v) is 4.72. The van der Waals surface area contributed by atoms with Gasteiger partial charge in [-0.25, -0.2) is 0 Å². The number of nitrogens with zero attached hydrogens (tertiary/aromatic N) is 1. The van der Waals surface area contributed by atoms with E-state index in [9.17, 15) is 5.26 Å². The maximum atomic E-state index is 9.46. The lowest BCUT2D eigenvalue weighted by Gasteiger charge is -2.33. The number of nitrogens with one attached hydrogen (secondary N) is 1. The minimum absolute atomic E-state index is 0.213. The van der Waals surface area contributed by atoms with Crippen molar-refractivity contribution in [3.63, 3.8) is 0 Å². The van der Waals surface area contributed by atoms with Gasteiger partial charge in [0.05, 0.1) is 12.2 Å². The van der Waals surface area contributed by atoms with Crippen molar-refractivity contribution in [2.75, 3.05) is 13.2 Å². The third-order valence-electron chi connectivity index (χ3n) is 4.72. The number of nitriles is 1. The van der Waals surface area contributed by atoms with Crippen LogP contribution in [0.5, 0.6) is 0 Å². The monoisotopic (exact) mass is 220 g/mol. The Morgan fingerprint density at radius 3 is 2.88 bits per heavy atom. The molecule has 2 aliphatic carbocycles. The van der Waals surface area contributed by atoms with Crippen LogP contribution in [0.1, 0.15) is 38.5 Å². The number of fused-ring (bicyclic) bond motifs is 2. The molecule has 0 radical (unpaired) electrons. The number of ether oxygens (including phenoxy) is 1. The fourth-order valence-corrected chi connectivity index (χ4v) is 3.82. The maximum Gasteiger partial charge on any atom is 0.109 e. The zero-order valence-electron chi connectivity index (χ0n) is 9.74. The van der Waals surface area contributed by atoms with Crippen LogP contribution in [0.4, 0.5) is 0 Å². The van der Waals surface area contributed by atoms with Gasteiger partial charge < -0.3 is 4.74 Å². The Hall–Kier alpha value is -0.590. The van der Waals surface area contributed by atoms with Crippen LogP contribution in [0.25, 0.3) is 0 Å². The smallest absolute Gasteiger partial charge is 0.109 e. The van der Waals surface area contributed by atoms with E-state index < -0.39 is 0 Å². The molecule has 4 unspecified atom stereocenters. The van der Waals surface area contributed by atoms with Crippen LogP contribution >= 0.6 is 0 Å². The molecule has 1 aliphatic heterocycles. The summed E-state index contributed by atoms with van der Waals surface area (Å²) in [5, 5.41) is 13.0. The largest absolute Gasteiger partial charge is 0.377 e. The molecule has 3 nitrogen and oxygen atoms in total. The van der Waals surface area contributed by atoms with Gasteiger partial charge in [-0.1, -0.05) is 0 Å². The molecule has 3 rings (SSSR count). The van der Waals surface area contributed by atoms with Crippen molar-refractivity contribution in [2.24, 2.45) is 11.8 Å². The Labute approximate surface area is 97.2 Å². The number of hydrogen-bond acceptors (Lipinski definition) is 3. The summed E-state index contributed by atoms with van der Waals surface area (Å²) in [6, 6.07) is 2.57. The second kappa shape index (κ2) is 4.01. The van der Waals surface area contributed by atoms with Gasteiger partial charge in [-0.05, 0) is 50.4 Å². The Bertz CT molecular complexity index is 306. The number of hydrogen-bond donors (Lipinski definition) is 1. The topological polar surface area (TPSA) is 45.0 Å². The molecule has 0 aromatic carbocycles. The summed E-state index contributed by atoms with van der Waals surface area (Å²) >= 11 is 0. The fraction of sp³-hybridized carbons (Fsp3) is 0.923. The summed E-state index contributed by atoms with van der Waals surface area (Å²) < 4.78 is 5.61. The minimum Gasteiger partial charge on any atom is -0.377 e. The van der Waals surface area contributed by atoms with E-state index >= 15 is 0 Å². The van der Waals surface area contributed by atoms with E-state index in [4.69, 9.17) is 4.74 Å². The molecule has 1 N–H and O–H groups in total. The van der Waals surface area contributed by atoms with Crippen LogP contribution in [-0.4, -0.2) is 24.8 Å². The summed E-state index contributed by atoms with van der Waals surface area (Å²) in [7, 11) is 0. The van der Waals surface area contributed by atoms with Crippen LogP contribution in [0.3, 0.4) is 0 Å². The van der Waals surface area contributed by atoms with Crippen molar-refractivity contribution in [3.05, 3.63) is 0 Å². The summed E-state index contributed by atoms with van der Waals surface area (Å²) in [5.41, 5.74) is -0.213. The standard InChI is InChI=1S/C13H20N2O/c14-9-13(7-10-3-4-11(13)6-10)15-8-12-2-1-5-16-12/h10-12,15H,1-8H2. The van der Waals surface area contributed by atoms with Crippen molar-refractivity contribution in [2.45, 2.75) is 50.2 Å². The van der Waals surface area contributed by atoms with Crippen LogP contribution < -0.4 is 5.32 Å². The van der Waals surface area contributed by atoms with Crippen LogP contribution in [-0.2, 0) is 4.74 Å². The van der Waals surface area contributed by atoms with Crippen molar-refractivity contribution in [1.82, 2.24) is 5.32 Å². The van der Waals surface area contributed by atoms with Crippen molar-refractivity contribution >= 4 is 0 Å². The average molecular weight is 220 g/mol. The first-order valence-corrected chi connectivity index (χ1v) is 6.60. The highest BCUT2D eigenvalue weighted by Gasteiger charge is 2.51. The van der Waals surface area contributed by atoms with Gasteiger partial charge in [-0.2, -0.15) is 5.26 Å². The van der Waals surface area contributed by atoms with Crippen molar-refractivity contribution < 1.29 is 4.74 Å². The Morgan fingerprint density at radius 1 is 1.38 bits per heavy atom. The molecular weight excluding hydrogens is 200 g/mol. The van der Waals surface area contributed by atoms with E-state index in [0.29, 0.717) is 12.0 Å². The molecule has 88 valence electrons. The van der Waals surface area contributed by atoms with Crippen LogP contribution in [0, 0.1) is 23.2 Å². The molecule has 16 heavy (non-hydrogen) atoms. The molecule has 0 amide bonds. The quantitative estimate of drug-likeness (QED) is 0.789. The predicted molar refractivity (Wildman–Crippen MR) is 60.8 cm³/mol. The lowest BCUT2D eigenvalue weighted by Crippen LogP contribution is -2.50. The van der Waals surface area contributed by atoms with Gasteiger partial charge in [0.2, 0.25) is 0 Å². The molecule has 3 fully saturated rings. The normalized spacial score (nSPS) is 46.1. The first kappa shape index (κ1) is 10.6. The van der Waals surface area contributed by atoms with Gasteiger partial charge in [-0.15, -0.1) is 0 Å². The Balaban J connectivity index is 1.61. The van der Waals surface area contributed by atoms with Gasteiger partial charge in [0.15, 0.2) is 0 Å². The van der Waals surface area contributed by atoms with Gasteiger partial charge >= 0.3 is 0 Å². The fourth-order valence-electron chi connectivity index (χ4n) is 3.82. The van der Waals surface area contributed by atoms with E-state index in [1.54, 1.807) is 0 Å². The lowest BCUT2D eigenvalue weighted by molar-refractivity contribution is 0.0993. The molecule has 4 atom stereocenters. The van der Waals surface area contributed by atoms with Crippen LogP contribution in [0.2, 0.25) is 0 Å². The first-order chi connectivity index (χ1) is 7.82. The van der Waals surface area contributed by atoms with E-state index in [2.05, 4.69) is 11.4 Å². The third kappa shape index (κ3) is 1.65. The van der Waals surface area contributed by atoms with Crippen LogP contribution in [0.15, 0.2) is 0 Å². The summed E-state index contributed by atoms with van der Waals surface area (Å²) in [4.78, 5) is 0. The van der Waals surface area contributed by atoms with E-state index in [1.165, 1.54) is 25.7 Å². The first-order valence-electron chi connectivity index (χ1n) is 6.60. The molecule has 3 aliphatic rings. The summed E-state index contributed by atoms with van der Waals surface area (Å²) in [6.07, 6.45) is 7.62. The summed E-state index contributed by atoms with van der Waals surface area (Å²) in [6.45, 7) is 1.77. The second-order valence-electron chi connectivity index (χ2n) is 5.68. The summed E-state index contributed by atoms with van der Waals surface area (Å²) in [5.74, 6) is 1.41. The van der Waals surface area contributed by atoms with Crippen molar-refractivity contribution in [1.29, 1.82) is 5.26 Å². The second-order valence-corrected chi connectivity index (χ2v) is 5.68. The molecule has 0 aromatic rings. The molecule has 1 heterocycles. The van der Waals surface area contributed by atoms with Gasteiger partial charge in [0.1, 0.15) is 5.54 Å². The molecule has 1 saturated heterocycles. The zero-order chi connectivity index (χ0) is 11.0. The van der Waals surface area contributed by atoms with Gasteiger partial charge in [0.25, 0.3) is 0 Å². The molecule has 0 aromatic heterocycles. The molecular formula is C13H20N2O. The van der Waals surface area contributed by atoms with E-state index in [-0.39, 0.29) is 5.54 Å². The minimum atomic E-state index is -0.213.